The number of ether oxygens (including phenoxy) is 1. The summed E-state index contributed by atoms with van der Waals surface area (Å²) < 4.78 is 32.1. The molecule has 5 nitrogen and oxygen atoms in total. The van der Waals surface area contributed by atoms with Gasteiger partial charge in [0.15, 0.2) is 0 Å². The van der Waals surface area contributed by atoms with Crippen molar-refractivity contribution in [3.63, 3.8) is 0 Å². The molecule has 0 aromatic heterocycles. The van der Waals surface area contributed by atoms with Gasteiger partial charge in [0.2, 0.25) is 10.0 Å². The zero-order valence-electron chi connectivity index (χ0n) is 11.5. The SMILES string of the molecule is CCOCCCNS(=O)(=O)c1ccccc1CNC. The second-order valence-electron chi connectivity index (χ2n) is 4.09. The zero-order chi connectivity index (χ0) is 14.1. The Bertz CT molecular complexity index is 475. The number of hydrogen-bond acceptors (Lipinski definition) is 4. The summed E-state index contributed by atoms with van der Waals surface area (Å²) in [6, 6.07) is 7.00. The van der Waals surface area contributed by atoms with Gasteiger partial charge < -0.3 is 10.1 Å². The third-order valence-corrected chi connectivity index (χ3v) is 4.15. The van der Waals surface area contributed by atoms with E-state index in [4.69, 9.17) is 4.74 Å². The minimum Gasteiger partial charge on any atom is -0.382 e. The maximum Gasteiger partial charge on any atom is 0.240 e. The molecule has 0 bridgehead atoms. The predicted octanol–water partition coefficient (Wildman–Crippen LogP) is 1.11. The number of hydrogen-bond donors (Lipinski definition) is 2. The maximum atomic E-state index is 12.2. The summed E-state index contributed by atoms with van der Waals surface area (Å²) in [5, 5.41) is 2.97. The summed E-state index contributed by atoms with van der Waals surface area (Å²) in [6.07, 6.45) is 0.668. The molecular weight excluding hydrogens is 264 g/mol. The first-order valence-electron chi connectivity index (χ1n) is 6.41. The van der Waals surface area contributed by atoms with Crippen molar-refractivity contribution in [1.82, 2.24) is 10.0 Å². The molecular formula is C13H22N2O3S. The highest BCUT2D eigenvalue weighted by Crippen LogP contribution is 2.14. The minimum atomic E-state index is -3.45. The highest BCUT2D eigenvalue weighted by atomic mass is 32.2. The van der Waals surface area contributed by atoms with E-state index in [0.29, 0.717) is 37.6 Å². The molecule has 6 heteroatoms. The van der Waals surface area contributed by atoms with Crippen molar-refractivity contribution in [3.8, 4) is 0 Å². The fourth-order valence-corrected chi connectivity index (χ4v) is 3.02. The first-order valence-corrected chi connectivity index (χ1v) is 7.90. The van der Waals surface area contributed by atoms with E-state index < -0.39 is 10.0 Å². The van der Waals surface area contributed by atoms with Gasteiger partial charge in [-0.2, -0.15) is 0 Å². The van der Waals surface area contributed by atoms with Gasteiger partial charge in [-0.05, 0) is 32.0 Å². The van der Waals surface area contributed by atoms with Crippen LogP contribution in [0.5, 0.6) is 0 Å². The van der Waals surface area contributed by atoms with Crippen LogP contribution >= 0.6 is 0 Å². The Morgan fingerprint density at radius 3 is 2.68 bits per heavy atom. The van der Waals surface area contributed by atoms with Crippen LogP contribution in [0.3, 0.4) is 0 Å². The third-order valence-electron chi connectivity index (χ3n) is 2.59. The van der Waals surface area contributed by atoms with Crippen LogP contribution in [0.15, 0.2) is 29.2 Å². The Hall–Kier alpha value is -0.950. The molecule has 1 rings (SSSR count). The van der Waals surface area contributed by atoms with Crippen LogP contribution in [0.25, 0.3) is 0 Å². The van der Waals surface area contributed by atoms with E-state index in [-0.39, 0.29) is 0 Å². The Morgan fingerprint density at radius 2 is 2.00 bits per heavy atom. The molecule has 2 N–H and O–H groups in total. The molecule has 0 aliphatic carbocycles. The Kier molecular flexibility index (Phi) is 7.01. The molecule has 0 aliphatic rings. The van der Waals surface area contributed by atoms with E-state index in [9.17, 15) is 8.42 Å². The minimum absolute atomic E-state index is 0.334. The molecule has 0 heterocycles. The van der Waals surface area contributed by atoms with E-state index in [1.807, 2.05) is 19.1 Å². The van der Waals surface area contributed by atoms with Crippen molar-refractivity contribution in [2.24, 2.45) is 0 Å². The lowest BCUT2D eigenvalue weighted by atomic mass is 10.2. The van der Waals surface area contributed by atoms with Crippen LogP contribution in [0.2, 0.25) is 0 Å². The third kappa shape index (κ3) is 5.28. The fraction of sp³-hybridized carbons (Fsp3) is 0.538. The normalized spacial score (nSPS) is 11.7. The molecule has 0 aliphatic heterocycles. The van der Waals surface area contributed by atoms with Gasteiger partial charge in [-0.3, -0.25) is 0 Å². The van der Waals surface area contributed by atoms with Crippen LogP contribution in [0, 0.1) is 0 Å². The van der Waals surface area contributed by atoms with E-state index >= 15 is 0 Å². The quantitative estimate of drug-likeness (QED) is 0.667. The van der Waals surface area contributed by atoms with Gasteiger partial charge in [0.05, 0.1) is 4.90 Å². The average molecular weight is 286 g/mol. The summed E-state index contributed by atoms with van der Waals surface area (Å²) in [5.74, 6) is 0. The van der Waals surface area contributed by atoms with Crippen molar-refractivity contribution in [2.75, 3.05) is 26.8 Å². The molecule has 0 amide bonds. The first kappa shape index (κ1) is 16.1. The van der Waals surface area contributed by atoms with Crippen LogP contribution in [0.4, 0.5) is 0 Å². The Balaban J connectivity index is 2.66. The van der Waals surface area contributed by atoms with E-state index in [2.05, 4.69) is 10.0 Å². The second-order valence-corrected chi connectivity index (χ2v) is 5.82. The molecule has 1 aromatic carbocycles. The topological polar surface area (TPSA) is 67.4 Å². The van der Waals surface area contributed by atoms with Crippen molar-refractivity contribution in [3.05, 3.63) is 29.8 Å². The van der Waals surface area contributed by atoms with Crippen LogP contribution in [-0.2, 0) is 21.3 Å². The van der Waals surface area contributed by atoms with E-state index in [0.717, 1.165) is 5.56 Å². The maximum absolute atomic E-state index is 12.2. The fourth-order valence-electron chi connectivity index (χ4n) is 1.71. The van der Waals surface area contributed by atoms with E-state index in [1.54, 1.807) is 19.2 Å². The van der Waals surface area contributed by atoms with Gasteiger partial charge in [0.1, 0.15) is 0 Å². The van der Waals surface area contributed by atoms with Crippen molar-refractivity contribution in [2.45, 2.75) is 24.8 Å². The van der Waals surface area contributed by atoms with Crippen LogP contribution in [-0.4, -0.2) is 35.2 Å². The summed E-state index contributed by atoms with van der Waals surface area (Å²) in [6.45, 7) is 4.04. The van der Waals surface area contributed by atoms with Crippen molar-refractivity contribution >= 4 is 10.0 Å². The molecule has 0 atom stereocenters. The van der Waals surface area contributed by atoms with Crippen molar-refractivity contribution in [1.29, 1.82) is 0 Å². The molecule has 0 fully saturated rings. The molecule has 0 saturated heterocycles. The predicted molar refractivity (Wildman–Crippen MR) is 75.5 cm³/mol. The van der Waals surface area contributed by atoms with Gasteiger partial charge in [-0.15, -0.1) is 0 Å². The van der Waals surface area contributed by atoms with Gasteiger partial charge in [-0.25, -0.2) is 13.1 Å². The first-order chi connectivity index (χ1) is 9.11. The summed E-state index contributed by atoms with van der Waals surface area (Å²) in [5.41, 5.74) is 0.766. The zero-order valence-corrected chi connectivity index (χ0v) is 12.3. The molecule has 19 heavy (non-hydrogen) atoms. The summed E-state index contributed by atoms with van der Waals surface area (Å²) >= 11 is 0. The smallest absolute Gasteiger partial charge is 0.240 e. The number of benzene rings is 1. The molecule has 1 aromatic rings. The lowest BCUT2D eigenvalue weighted by molar-refractivity contribution is 0.146. The molecule has 0 saturated carbocycles. The Labute approximate surface area is 115 Å². The van der Waals surface area contributed by atoms with Crippen LogP contribution in [0.1, 0.15) is 18.9 Å². The molecule has 0 radical (unpaired) electrons. The van der Waals surface area contributed by atoms with Gasteiger partial charge in [0.25, 0.3) is 0 Å². The standard InChI is InChI=1S/C13H22N2O3S/c1-3-18-10-6-9-15-19(16,17)13-8-5-4-7-12(13)11-14-2/h4-5,7-8,14-15H,3,6,9-11H2,1-2H3. The highest BCUT2D eigenvalue weighted by Gasteiger charge is 2.16. The summed E-state index contributed by atoms with van der Waals surface area (Å²) in [4.78, 5) is 0.334. The lowest BCUT2D eigenvalue weighted by Gasteiger charge is -2.11. The Morgan fingerprint density at radius 1 is 1.26 bits per heavy atom. The monoisotopic (exact) mass is 286 g/mol. The van der Waals surface area contributed by atoms with Gasteiger partial charge >= 0.3 is 0 Å². The van der Waals surface area contributed by atoms with Crippen molar-refractivity contribution < 1.29 is 13.2 Å². The average Bonchev–Trinajstić information content (AvgIpc) is 2.39. The largest absolute Gasteiger partial charge is 0.382 e. The number of nitrogens with one attached hydrogen (secondary N) is 2. The molecule has 0 spiro atoms. The van der Waals surface area contributed by atoms with E-state index in [1.165, 1.54) is 0 Å². The summed E-state index contributed by atoms with van der Waals surface area (Å²) in [7, 11) is -1.66. The molecule has 0 unspecified atom stereocenters. The second kappa shape index (κ2) is 8.27. The number of sulfonamides is 1. The lowest BCUT2D eigenvalue weighted by Crippen LogP contribution is -2.27. The highest BCUT2D eigenvalue weighted by molar-refractivity contribution is 7.89. The van der Waals surface area contributed by atoms with Gasteiger partial charge in [0, 0.05) is 26.3 Å². The molecule has 108 valence electrons. The number of rotatable bonds is 9. The van der Waals surface area contributed by atoms with Gasteiger partial charge in [-0.1, -0.05) is 18.2 Å². The van der Waals surface area contributed by atoms with Crippen LogP contribution < -0.4 is 10.0 Å².